The summed E-state index contributed by atoms with van der Waals surface area (Å²) in [7, 11) is 0. The van der Waals surface area contributed by atoms with Crippen molar-refractivity contribution < 1.29 is 102 Å². The zero-order valence-corrected chi connectivity index (χ0v) is 66.0. The van der Waals surface area contributed by atoms with E-state index in [1.807, 2.05) is 52.0 Å². The second kappa shape index (κ2) is 35.0. The first-order chi connectivity index (χ1) is 52.0. The maximum absolute atomic E-state index is 14.5. The second-order valence-electron chi connectivity index (χ2n) is 33.0. The normalized spacial score (nSPS) is 38.5. The highest BCUT2D eigenvalue weighted by atomic mass is 16.7. The molecule has 8 aliphatic heterocycles. The molecule has 602 valence electrons. The Morgan fingerprint density at radius 2 is 0.991 bits per heavy atom. The highest BCUT2D eigenvalue weighted by molar-refractivity contribution is 5.91. The largest absolute Gasteiger partial charge is 0.462 e. The number of hydrogen-bond acceptors (Lipinski definition) is 22. The number of Topliss-reactive ketones (excluding diaryl/α,β-unsaturated/α-hetero) is 1. The van der Waals surface area contributed by atoms with Crippen molar-refractivity contribution in [2.75, 3.05) is 13.2 Å². The molecule has 4 bridgehead atoms. The van der Waals surface area contributed by atoms with Crippen molar-refractivity contribution in [2.24, 2.45) is 47.3 Å². The molecular weight excluding hydrogens is 1430 g/mol. The van der Waals surface area contributed by atoms with Gasteiger partial charge in [0.2, 0.25) is 0 Å². The fourth-order valence-electron chi connectivity index (χ4n) is 17.6. The van der Waals surface area contributed by atoms with Crippen molar-refractivity contribution in [1.82, 2.24) is 0 Å². The van der Waals surface area contributed by atoms with Gasteiger partial charge in [-0.15, -0.1) is 0 Å². The number of benzene rings is 2. The van der Waals surface area contributed by atoms with Gasteiger partial charge in [-0.05, 0) is 149 Å². The number of hydrogen-bond donors (Lipinski definition) is 3. The lowest BCUT2D eigenvalue weighted by Crippen LogP contribution is -2.60. The van der Waals surface area contributed by atoms with E-state index in [1.165, 1.54) is 54.1 Å². The molecule has 6 saturated heterocycles. The fraction of sp³-hybridized carbons (Fsp3) is 0.570. The molecule has 0 aromatic heterocycles. The molecule has 2 aliphatic carbocycles. The van der Waals surface area contributed by atoms with Crippen LogP contribution in [0.5, 0.6) is 0 Å². The van der Waals surface area contributed by atoms with Gasteiger partial charge in [-0.1, -0.05) is 139 Å². The Kier molecular flexibility index (Phi) is 26.9. The minimum Gasteiger partial charge on any atom is -0.462 e. The van der Waals surface area contributed by atoms with E-state index >= 15 is 0 Å². The molecule has 0 amide bonds. The summed E-state index contributed by atoms with van der Waals surface area (Å²) in [6, 6.07) is 10.1. The number of aliphatic hydroxyl groups is 3. The van der Waals surface area contributed by atoms with Gasteiger partial charge in [-0.2, -0.15) is 0 Å². The molecular formula is C86H110N2O23. The molecule has 0 unspecified atom stereocenters. The summed E-state index contributed by atoms with van der Waals surface area (Å²) >= 11 is 0. The van der Waals surface area contributed by atoms with Gasteiger partial charge in [0, 0.05) is 68.2 Å². The molecule has 111 heavy (non-hydrogen) atoms. The van der Waals surface area contributed by atoms with Crippen LogP contribution in [0, 0.1) is 67.6 Å². The van der Waals surface area contributed by atoms with Crippen molar-refractivity contribution in [2.45, 2.75) is 251 Å². The first-order valence-electron chi connectivity index (χ1n) is 38.7. The smallest absolute Gasteiger partial charge is 0.338 e. The van der Waals surface area contributed by atoms with Crippen molar-refractivity contribution in [1.29, 1.82) is 0 Å². The zero-order valence-electron chi connectivity index (χ0n) is 66.0. The molecule has 2 aromatic rings. The van der Waals surface area contributed by atoms with Gasteiger partial charge in [0.25, 0.3) is 11.4 Å². The number of nitro groups is 2. The lowest BCUT2D eigenvalue weighted by atomic mass is 9.70. The van der Waals surface area contributed by atoms with Crippen LogP contribution in [0.3, 0.4) is 0 Å². The summed E-state index contributed by atoms with van der Waals surface area (Å²) in [5, 5.41) is 59.1. The summed E-state index contributed by atoms with van der Waals surface area (Å²) in [5.74, 6) is -7.55. The number of allylic oxidation sites excluding steroid dienone is 10. The average Bonchev–Trinajstić information content (AvgIpc) is 1.61. The molecule has 10 aliphatic rings. The topological polar surface area (TPSA) is 356 Å². The SMILES string of the molecule is CC1=C[C@H]2C(=O)O[C@H]3C[C@@H](C/C=C(\C)C[C@@H](C)/C=C/C=C4\CO[C@H]([C@@H]1OC(=O)c1ccc([N+](=O)[O-])cc1)[C@@]42O)O[C@@]1(CC(=O)[C@H](C)[C@@H](/C(C)=C/C(C)C)O1)C3.CC1=C[C@H]2C(=O)O[C@H]3C[C@@H](C/C=C(\C)C[C@@H](C)/C=C/C=C4\CO[C@H]([C@@H]1OC(=O)c1ccc([N+](=O)[O-])cc1)[C@@]42O)O[C@]1(C3)C[C@H](O)[C@H](C)[C@@H](/C(C)=C/C(C)C)O1.O. The van der Waals surface area contributed by atoms with E-state index in [2.05, 4.69) is 79.7 Å². The highest BCUT2D eigenvalue weighted by Gasteiger charge is 2.64. The van der Waals surface area contributed by atoms with Crippen molar-refractivity contribution in [3.05, 3.63) is 197 Å². The molecule has 2 spiro atoms. The predicted octanol–water partition coefficient (Wildman–Crippen LogP) is 13.1. The number of ether oxygens (including phenoxy) is 10. The summed E-state index contributed by atoms with van der Waals surface area (Å²) in [6.45, 7) is 27.8. The van der Waals surface area contributed by atoms with E-state index in [0.29, 0.717) is 48.0 Å². The number of esters is 4. The molecule has 2 aromatic carbocycles. The van der Waals surface area contributed by atoms with Crippen molar-refractivity contribution in [3.8, 4) is 0 Å². The van der Waals surface area contributed by atoms with Gasteiger partial charge in [-0.3, -0.25) is 34.6 Å². The van der Waals surface area contributed by atoms with Gasteiger partial charge < -0.3 is 68.2 Å². The van der Waals surface area contributed by atoms with Crippen LogP contribution in [0.2, 0.25) is 0 Å². The summed E-state index contributed by atoms with van der Waals surface area (Å²) < 4.78 is 64.0. The Morgan fingerprint density at radius 1 is 0.586 bits per heavy atom. The second-order valence-corrected chi connectivity index (χ2v) is 33.0. The first kappa shape index (κ1) is 85.2. The van der Waals surface area contributed by atoms with Crippen molar-refractivity contribution in [3.63, 3.8) is 0 Å². The van der Waals surface area contributed by atoms with Crippen LogP contribution in [0.25, 0.3) is 0 Å². The highest BCUT2D eigenvalue weighted by Crippen LogP contribution is 2.52. The lowest BCUT2D eigenvalue weighted by Gasteiger charge is -2.51. The van der Waals surface area contributed by atoms with Crippen molar-refractivity contribution >= 4 is 41.0 Å². The summed E-state index contributed by atoms with van der Waals surface area (Å²) in [6.07, 6.45) is 18.7. The Bertz CT molecular complexity index is 4160. The summed E-state index contributed by atoms with van der Waals surface area (Å²) in [4.78, 5) is 90.5. The van der Waals surface area contributed by atoms with Crippen LogP contribution in [-0.2, 0) is 61.8 Å². The molecule has 0 radical (unpaired) electrons. The Morgan fingerprint density at radius 3 is 1.41 bits per heavy atom. The molecule has 8 heterocycles. The maximum atomic E-state index is 14.5. The number of nitro benzene ring substituents is 2. The molecule has 21 atom stereocenters. The van der Waals surface area contributed by atoms with E-state index < -0.39 is 129 Å². The minimum atomic E-state index is -1.95. The first-order valence-corrected chi connectivity index (χ1v) is 38.7. The molecule has 5 N–H and O–H groups in total. The third-order valence-electron chi connectivity index (χ3n) is 23.1. The van der Waals surface area contributed by atoms with E-state index in [0.717, 1.165) is 29.6 Å². The molecule has 0 saturated carbocycles. The number of ketones is 1. The minimum absolute atomic E-state index is 0. The number of fused-ring (bicyclic) bond motifs is 4. The quantitative estimate of drug-likeness (QED) is 0.0654. The standard InChI is InChI=1S/C43H55NO11.C43H53NO11.H2O/c2*1-24(2)17-27(5)37-29(7)36(45)22-42(55-37)21-34-20-33(54-42)16-11-26(4)18-25(3)9-8-10-31-23-51-39-38(28(6)19-35(41(47)52-34)43(31,39)48)53-40(46)30-12-14-32(15-13-30)44(49)50;/h8-15,17,19,24-25,29,33-39,45,48H,16,18,20-23H2,1-7H3;8-15,17,19,24-25,29,33-35,37-39,48H,16,18,20-23H2,1-7H3;1H2/b2*9-8+,26-11+,27-17+,31-10+;/t25-,29-,33+,34-,35-,36-,37+,38+,39+,42-,43+;25-,29-,33+,34-,35-,37+,38+,39+,42-,43+;/m00./s1. The van der Waals surface area contributed by atoms with Gasteiger partial charge >= 0.3 is 23.9 Å². The van der Waals surface area contributed by atoms with E-state index in [4.69, 9.17) is 47.4 Å². The monoisotopic (exact) mass is 1540 g/mol. The van der Waals surface area contributed by atoms with Gasteiger partial charge in [0.1, 0.15) is 53.2 Å². The van der Waals surface area contributed by atoms with E-state index in [9.17, 15) is 59.5 Å². The average molecular weight is 1540 g/mol. The van der Waals surface area contributed by atoms with Gasteiger partial charge in [-0.25, -0.2) is 9.59 Å². The number of carbonyl (C=O) groups is 5. The van der Waals surface area contributed by atoms with Crippen LogP contribution in [0.15, 0.2) is 166 Å². The number of aliphatic hydroxyl groups excluding tert-OH is 1. The van der Waals surface area contributed by atoms with Crippen LogP contribution in [-0.4, -0.2) is 163 Å². The van der Waals surface area contributed by atoms with E-state index in [-0.39, 0.29) is 114 Å². The molecule has 25 heteroatoms. The maximum Gasteiger partial charge on any atom is 0.338 e. The predicted molar refractivity (Wildman–Crippen MR) is 410 cm³/mol. The Labute approximate surface area is 649 Å². The number of non-ortho nitro benzene ring substituents is 2. The van der Waals surface area contributed by atoms with Gasteiger partial charge in [0.05, 0.1) is 71.1 Å². The van der Waals surface area contributed by atoms with Gasteiger partial charge in [0.15, 0.2) is 23.8 Å². The van der Waals surface area contributed by atoms with Crippen LogP contribution >= 0.6 is 0 Å². The molecule has 6 fully saturated rings. The van der Waals surface area contributed by atoms with E-state index in [1.54, 1.807) is 38.2 Å². The third-order valence-corrected chi connectivity index (χ3v) is 23.1. The molecule has 25 nitrogen and oxygen atoms in total. The van der Waals surface area contributed by atoms with Crippen LogP contribution < -0.4 is 0 Å². The molecule has 12 rings (SSSR count). The lowest BCUT2D eigenvalue weighted by molar-refractivity contribution is -0.385. The van der Waals surface area contributed by atoms with Crippen LogP contribution in [0.1, 0.15) is 182 Å². The Balaban J connectivity index is 0.000000234. The number of nitrogens with zero attached hydrogens (tertiary/aromatic N) is 2. The Hall–Kier alpha value is -8.21. The third kappa shape index (κ3) is 18.9. The fourth-order valence-corrected chi connectivity index (χ4v) is 17.6. The zero-order chi connectivity index (χ0) is 79.6. The number of rotatable bonds is 10. The van der Waals surface area contributed by atoms with Crippen LogP contribution in [0.4, 0.5) is 11.4 Å². The summed E-state index contributed by atoms with van der Waals surface area (Å²) in [5.41, 5.74) is 2.04. The number of carbonyl (C=O) groups excluding carboxylic acids is 5.